The molecule has 1 fully saturated rings. The number of carbonyl (C=O) groups excluding carboxylic acids is 1. The summed E-state index contributed by atoms with van der Waals surface area (Å²) in [6.45, 7) is 3.89. The number of aliphatic hydroxyl groups excluding tert-OH is 1. The predicted molar refractivity (Wildman–Crippen MR) is 98.7 cm³/mol. The predicted octanol–water partition coefficient (Wildman–Crippen LogP) is 1.44. The van der Waals surface area contributed by atoms with Crippen LogP contribution in [0, 0.1) is 5.92 Å². The van der Waals surface area contributed by atoms with Gasteiger partial charge in [-0.15, -0.1) is 0 Å². The molecule has 4 rings (SSSR count). The van der Waals surface area contributed by atoms with Gasteiger partial charge in [0.1, 0.15) is 11.5 Å². The Hall–Kier alpha value is -2.18. The molecule has 1 aromatic heterocycles. The van der Waals surface area contributed by atoms with E-state index in [4.69, 9.17) is 0 Å². The lowest BCUT2D eigenvalue weighted by Crippen LogP contribution is -2.41. The first-order valence-corrected chi connectivity index (χ1v) is 9.49. The lowest BCUT2D eigenvalue weighted by atomic mass is 9.88. The molecule has 6 nitrogen and oxygen atoms in total. The maximum absolute atomic E-state index is 12.8. The van der Waals surface area contributed by atoms with Gasteiger partial charge in [0, 0.05) is 32.4 Å². The molecular formula is C20H26N4O2. The van der Waals surface area contributed by atoms with Gasteiger partial charge in [0.25, 0.3) is 5.91 Å². The molecule has 2 aromatic rings. The monoisotopic (exact) mass is 354 g/mol. The number of likely N-dealkylation sites (tertiary alicyclic amines) is 1. The topological polar surface area (TPSA) is 70.4 Å². The molecule has 26 heavy (non-hydrogen) atoms. The van der Waals surface area contributed by atoms with Gasteiger partial charge in [0.05, 0.1) is 12.6 Å². The van der Waals surface area contributed by atoms with E-state index in [2.05, 4.69) is 27.0 Å². The van der Waals surface area contributed by atoms with Gasteiger partial charge in [-0.25, -0.2) is 4.98 Å². The molecular weight excluding hydrogens is 328 g/mol. The smallest absolute Gasteiger partial charge is 0.274 e. The number of rotatable bonds is 4. The van der Waals surface area contributed by atoms with Gasteiger partial charge < -0.3 is 19.9 Å². The van der Waals surface area contributed by atoms with Crippen molar-refractivity contribution in [3.05, 3.63) is 53.6 Å². The summed E-state index contributed by atoms with van der Waals surface area (Å²) < 4.78 is 2.07. The Kier molecular flexibility index (Phi) is 5.04. The molecule has 1 saturated heterocycles. The van der Waals surface area contributed by atoms with Crippen LogP contribution in [0.15, 0.2) is 36.5 Å². The average molecular weight is 354 g/mol. The SMILES string of the molecule is O=C(c1cn2c(n1)CNCC2)N1CCC([C@@H](O)Cc2ccccc2)CC1. The van der Waals surface area contributed by atoms with Crippen molar-refractivity contribution in [2.24, 2.45) is 5.92 Å². The van der Waals surface area contributed by atoms with E-state index < -0.39 is 0 Å². The highest BCUT2D eigenvalue weighted by Crippen LogP contribution is 2.24. The number of benzene rings is 1. The van der Waals surface area contributed by atoms with E-state index in [1.807, 2.05) is 29.3 Å². The summed E-state index contributed by atoms with van der Waals surface area (Å²) in [5, 5.41) is 13.8. The van der Waals surface area contributed by atoms with E-state index in [0.717, 1.165) is 43.9 Å². The maximum atomic E-state index is 12.8. The fourth-order valence-electron chi connectivity index (χ4n) is 3.96. The standard InChI is InChI=1S/C20H26N4O2/c25-18(12-15-4-2-1-3-5-15)16-6-9-23(10-7-16)20(26)17-14-24-11-8-21-13-19(24)22-17/h1-5,14,16,18,21,25H,6-13H2/t18-/m0/s1. The van der Waals surface area contributed by atoms with Gasteiger partial charge in [0.15, 0.2) is 0 Å². The van der Waals surface area contributed by atoms with Crippen molar-refractivity contribution in [3.8, 4) is 0 Å². The molecule has 0 aliphatic carbocycles. The zero-order valence-electron chi connectivity index (χ0n) is 15.0. The molecule has 2 aliphatic rings. The second-order valence-electron chi connectivity index (χ2n) is 7.30. The number of carbonyl (C=O) groups is 1. The van der Waals surface area contributed by atoms with Crippen LogP contribution >= 0.6 is 0 Å². The number of hydrogen-bond acceptors (Lipinski definition) is 4. The second kappa shape index (κ2) is 7.60. The van der Waals surface area contributed by atoms with Crippen LogP contribution in [-0.4, -0.2) is 51.2 Å². The molecule has 6 heteroatoms. The minimum absolute atomic E-state index is 0.0166. The van der Waals surface area contributed by atoms with E-state index in [1.165, 1.54) is 0 Å². The first kappa shape index (κ1) is 17.2. The molecule has 2 aliphatic heterocycles. The molecule has 0 spiro atoms. The molecule has 0 radical (unpaired) electrons. The number of nitrogens with zero attached hydrogens (tertiary/aromatic N) is 3. The zero-order valence-corrected chi connectivity index (χ0v) is 15.0. The largest absolute Gasteiger partial charge is 0.392 e. The van der Waals surface area contributed by atoms with Crippen molar-refractivity contribution in [2.45, 2.75) is 38.5 Å². The first-order chi connectivity index (χ1) is 12.7. The number of aromatic nitrogens is 2. The molecule has 0 bridgehead atoms. The van der Waals surface area contributed by atoms with Crippen LogP contribution in [0.4, 0.5) is 0 Å². The van der Waals surface area contributed by atoms with Crippen LogP contribution in [0.3, 0.4) is 0 Å². The number of imidazole rings is 1. The molecule has 2 N–H and O–H groups in total. The lowest BCUT2D eigenvalue weighted by Gasteiger charge is -2.34. The van der Waals surface area contributed by atoms with Crippen LogP contribution in [0.25, 0.3) is 0 Å². The number of piperidine rings is 1. The highest BCUT2D eigenvalue weighted by Gasteiger charge is 2.29. The number of amides is 1. The van der Waals surface area contributed by atoms with Crippen LogP contribution in [-0.2, 0) is 19.5 Å². The molecule has 138 valence electrons. The van der Waals surface area contributed by atoms with Gasteiger partial charge in [-0.1, -0.05) is 30.3 Å². The van der Waals surface area contributed by atoms with Gasteiger partial charge in [-0.3, -0.25) is 4.79 Å². The van der Waals surface area contributed by atoms with E-state index in [-0.39, 0.29) is 17.9 Å². The van der Waals surface area contributed by atoms with Gasteiger partial charge >= 0.3 is 0 Å². The third-order valence-electron chi connectivity index (χ3n) is 5.55. The minimum atomic E-state index is -0.347. The minimum Gasteiger partial charge on any atom is -0.392 e. The van der Waals surface area contributed by atoms with Crippen molar-refractivity contribution in [1.29, 1.82) is 0 Å². The van der Waals surface area contributed by atoms with Crippen LogP contribution in [0.2, 0.25) is 0 Å². The summed E-state index contributed by atoms with van der Waals surface area (Å²) in [6.07, 6.45) is 3.90. The number of nitrogens with one attached hydrogen (secondary N) is 1. The summed E-state index contributed by atoms with van der Waals surface area (Å²) in [5.74, 6) is 1.20. The Bertz CT molecular complexity index is 727. The molecule has 1 aromatic carbocycles. The van der Waals surface area contributed by atoms with Crippen molar-refractivity contribution in [2.75, 3.05) is 19.6 Å². The quantitative estimate of drug-likeness (QED) is 0.872. The Morgan fingerprint density at radius 3 is 2.73 bits per heavy atom. The van der Waals surface area contributed by atoms with E-state index in [1.54, 1.807) is 0 Å². The fourth-order valence-corrected chi connectivity index (χ4v) is 3.96. The Morgan fingerprint density at radius 2 is 2.00 bits per heavy atom. The third kappa shape index (κ3) is 3.66. The molecule has 0 unspecified atom stereocenters. The summed E-state index contributed by atoms with van der Waals surface area (Å²) in [7, 11) is 0. The first-order valence-electron chi connectivity index (χ1n) is 9.49. The molecule has 1 amide bonds. The third-order valence-corrected chi connectivity index (χ3v) is 5.55. The zero-order chi connectivity index (χ0) is 17.9. The Labute approximate surface area is 153 Å². The van der Waals surface area contributed by atoms with Gasteiger partial charge in [-0.05, 0) is 30.7 Å². The van der Waals surface area contributed by atoms with Crippen LogP contribution in [0.5, 0.6) is 0 Å². The van der Waals surface area contributed by atoms with E-state index in [9.17, 15) is 9.90 Å². The summed E-state index contributed by atoms with van der Waals surface area (Å²) >= 11 is 0. The number of aliphatic hydroxyl groups is 1. The molecule has 0 saturated carbocycles. The number of hydrogen-bond donors (Lipinski definition) is 2. The van der Waals surface area contributed by atoms with Crippen molar-refractivity contribution < 1.29 is 9.90 Å². The summed E-state index contributed by atoms with van der Waals surface area (Å²) in [6, 6.07) is 10.1. The van der Waals surface area contributed by atoms with Crippen LogP contribution < -0.4 is 5.32 Å². The van der Waals surface area contributed by atoms with E-state index >= 15 is 0 Å². The number of fused-ring (bicyclic) bond motifs is 1. The normalized spacial score (nSPS) is 19.2. The highest BCUT2D eigenvalue weighted by molar-refractivity contribution is 5.92. The molecule has 3 heterocycles. The van der Waals surface area contributed by atoms with E-state index in [0.29, 0.717) is 25.2 Å². The Balaban J connectivity index is 1.33. The van der Waals surface area contributed by atoms with Crippen molar-refractivity contribution in [1.82, 2.24) is 19.8 Å². The van der Waals surface area contributed by atoms with Crippen molar-refractivity contribution in [3.63, 3.8) is 0 Å². The lowest BCUT2D eigenvalue weighted by molar-refractivity contribution is 0.0464. The van der Waals surface area contributed by atoms with Crippen LogP contribution in [0.1, 0.15) is 34.7 Å². The maximum Gasteiger partial charge on any atom is 0.274 e. The summed E-state index contributed by atoms with van der Waals surface area (Å²) in [5.41, 5.74) is 1.71. The van der Waals surface area contributed by atoms with Gasteiger partial charge in [-0.2, -0.15) is 0 Å². The van der Waals surface area contributed by atoms with Gasteiger partial charge in [0.2, 0.25) is 0 Å². The Morgan fingerprint density at radius 1 is 1.23 bits per heavy atom. The second-order valence-corrected chi connectivity index (χ2v) is 7.30. The fraction of sp³-hybridized carbons (Fsp3) is 0.500. The summed E-state index contributed by atoms with van der Waals surface area (Å²) in [4.78, 5) is 19.1. The van der Waals surface area contributed by atoms with Crippen molar-refractivity contribution >= 4 is 5.91 Å². The highest BCUT2D eigenvalue weighted by atomic mass is 16.3. The molecule has 1 atom stereocenters. The average Bonchev–Trinajstić information content (AvgIpc) is 3.12.